The molecule has 0 fully saturated rings. The van der Waals surface area contributed by atoms with Crippen molar-refractivity contribution in [3.63, 3.8) is 0 Å². The minimum atomic E-state index is -0.254. The summed E-state index contributed by atoms with van der Waals surface area (Å²) in [6, 6.07) is 14.2. The van der Waals surface area contributed by atoms with Gasteiger partial charge in [-0.3, -0.25) is 9.59 Å². The first-order valence-corrected chi connectivity index (χ1v) is 6.90. The van der Waals surface area contributed by atoms with E-state index >= 15 is 0 Å². The van der Waals surface area contributed by atoms with Gasteiger partial charge in [0.25, 0.3) is 11.8 Å². The van der Waals surface area contributed by atoms with E-state index < -0.39 is 0 Å². The fourth-order valence-electron chi connectivity index (χ4n) is 1.94. The number of ether oxygens (including phenoxy) is 1. The second kappa shape index (κ2) is 7.26. The SMILES string of the molecule is CNC(=O)c1cccc(OCC(=O)Nc2cccc(C)c2)c1. The lowest BCUT2D eigenvalue weighted by molar-refractivity contribution is -0.118. The van der Waals surface area contributed by atoms with Crippen LogP contribution in [0.2, 0.25) is 0 Å². The van der Waals surface area contributed by atoms with Crippen LogP contribution in [0.3, 0.4) is 0 Å². The molecule has 22 heavy (non-hydrogen) atoms. The van der Waals surface area contributed by atoms with Crippen LogP contribution < -0.4 is 15.4 Å². The van der Waals surface area contributed by atoms with Crippen molar-refractivity contribution in [3.05, 3.63) is 59.7 Å². The number of rotatable bonds is 5. The fourth-order valence-corrected chi connectivity index (χ4v) is 1.94. The molecule has 0 unspecified atom stereocenters. The van der Waals surface area contributed by atoms with Crippen LogP contribution in [0.5, 0.6) is 5.75 Å². The molecule has 0 aliphatic rings. The van der Waals surface area contributed by atoms with Crippen LogP contribution in [-0.2, 0) is 4.79 Å². The molecule has 0 saturated carbocycles. The summed E-state index contributed by atoms with van der Waals surface area (Å²) in [5.74, 6) is 0.0195. The van der Waals surface area contributed by atoms with E-state index in [0.717, 1.165) is 11.3 Å². The molecule has 0 aromatic heterocycles. The number of anilines is 1. The van der Waals surface area contributed by atoms with Gasteiger partial charge >= 0.3 is 0 Å². The zero-order valence-electron chi connectivity index (χ0n) is 12.6. The van der Waals surface area contributed by atoms with Gasteiger partial charge in [-0.25, -0.2) is 0 Å². The molecule has 2 aromatic rings. The number of nitrogens with one attached hydrogen (secondary N) is 2. The summed E-state index contributed by atoms with van der Waals surface area (Å²) >= 11 is 0. The van der Waals surface area contributed by atoms with E-state index in [0.29, 0.717) is 11.3 Å². The third-order valence-corrected chi connectivity index (χ3v) is 3.00. The molecule has 0 atom stereocenters. The standard InChI is InChI=1S/C17H18N2O3/c1-12-5-3-7-14(9-12)19-16(20)11-22-15-8-4-6-13(10-15)17(21)18-2/h3-10H,11H2,1-2H3,(H,18,21)(H,19,20). The smallest absolute Gasteiger partial charge is 0.262 e. The molecule has 0 saturated heterocycles. The quantitative estimate of drug-likeness (QED) is 0.890. The molecular weight excluding hydrogens is 280 g/mol. The number of hydrogen-bond donors (Lipinski definition) is 2. The van der Waals surface area contributed by atoms with Crippen molar-refractivity contribution >= 4 is 17.5 Å². The Labute approximate surface area is 129 Å². The molecule has 0 aliphatic heterocycles. The Hall–Kier alpha value is -2.82. The maximum Gasteiger partial charge on any atom is 0.262 e. The van der Waals surface area contributed by atoms with Crippen molar-refractivity contribution in [3.8, 4) is 5.75 Å². The highest BCUT2D eigenvalue weighted by atomic mass is 16.5. The summed E-state index contributed by atoms with van der Waals surface area (Å²) in [4.78, 5) is 23.4. The monoisotopic (exact) mass is 298 g/mol. The molecule has 0 heterocycles. The molecule has 0 bridgehead atoms. The molecule has 2 aromatic carbocycles. The second-order valence-corrected chi connectivity index (χ2v) is 4.81. The molecule has 114 valence electrons. The Bertz CT molecular complexity index is 683. The van der Waals surface area contributed by atoms with Gasteiger partial charge in [0.15, 0.2) is 6.61 Å². The zero-order valence-corrected chi connectivity index (χ0v) is 12.6. The van der Waals surface area contributed by atoms with Gasteiger partial charge in [-0.05, 0) is 42.8 Å². The van der Waals surface area contributed by atoms with Crippen LogP contribution >= 0.6 is 0 Å². The molecular formula is C17H18N2O3. The summed E-state index contributed by atoms with van der Waals surface area (Å²) in [5, 5.41) is 5.30. The molecule has 0 aliphatic carbocycles. The van der Waals surface area contributed by atoms with Gasteiger partial charge in [0, 0.05) is 18.3 Å². The summed E-state index contributed by atoms with van der Waals surface area (Å²) in [6.45, 7) is 1.83. The summed E-state index contributed by atoms with van der Waals surface area (Å²) in [5.41, 5.74) is 2.28. The fraction of sp³-hybridized carbons (Fsp3) is 0.176. The summed E-state index contributed by atoms with van der Waals surface area (Å²) in [7, 11) is 1.56. The van der Waals surface area contributed by atoms with Crippen molar-refractivity contribution in [1.82, 2.24) is 5.32 Å². The first kappa shape index (κ1) is 15.6. The van der Waals surface area contributed by atoms with Crippen LogP contribution in [0, 0.1) is 6.92 Å². The minimum Gasteiger partial charge on any atom is -0.484 e. The van der Waals surface area contributed by atoms with Crippen molar-refractivity contribution < 1.29 is 14.3 Å². The maximum absolute atomic E-state index is 11.9. The van der Waals surface area contributed by atoms with E-state index in [9.17, 15) is 9.59 Å². The second-order valence-electron chi connectivity index (χ2n) is 4.81. The molecule has 2 N–H and O–H groups in total. The van der Waals surface area contributed by atoms with Crippen molar-refractivity contribution in [1.29, 1.82) is 0 Å². The highest BCUT2D eigenvalue weighted by Crippen LogP contribution is 2.14. The molecule has 2 rings (SSSR count). The van der Waals surface area contributed by atoms with Gasteiger partial charge in [-0.1, -0.05) is 18.2 Å². The van der Waals surface area contributed by atoms with E-state index in [1.807, 2.05) is 31.2 Å². The van der Waals surface area contributed by atoms with Crippen LogP contribution in [0.1, 0.15) is 15.9 Å². The lowest BCUT2D eigenvalue weighted by Gasteiger charge is -2.09. The van der Waals surface area contributed by atoms with E-state index in [4.69, 9.17) is 4.74 Å². The van der Waals surface area contributed by atoms with Gasteiger partial charge in [0.05, 0.1) is 0 Å². The number of carbonyl (C=O) groups is 2. The van der Waals surface area contributed by atoms with Gasteiger partial charge in [-0.2, -0.15) is 0 Å². The van der Waals surface area contributed by atoms with Crippen molar-refractivity contribution in [2.45, 2.75) is 6.92 Å². The number of amides is 2. The number of benzene rings is 2. The van der Waals surface area contributed by atoms with Crippen LogP contribution in [0.4, 0.5) is 5.69 Å². The average Bonchev–Trinajstić information content (AvgIpc) is 2.52. The maximum atomic E-state index is 11.9. The van der Waals surface area contributed by atoms with Crippen molar-refractivity contribution in [2.24, 2.45) is 0 Å². The number of aryl methyl sites for hydroxylation is 1. The number of hydrogen-bond acceptors (Lipinski definition) is 3. The van der Waals surface area contributed by atoms with Crippen LogP contribution in [0.25, 0.3) is 0 Å². The third kappa shape index (κ3) is 4.34. The molecule has 0 spiro atoms. The molecule has 2 amide bonds. The molecule has 5 heteroatoms. The van der Waals surface area contributed by atoms with Crippen LogP contribution in [0.15, 0.2) is 48.5 Å². The first-order valence-electron chi connectivity index (χ1n) is 6.90. The highest BCUT2D eigenvalue weighted by Gasteiger charge is 2.07. The number of carbonyl (C=O) groups excluding carboxylic acids is 2. The van der Waals surface area contributed by atoms with E-state index in [1.165, 1.54) is 0 Å². The average molecular weight is 298 g/mol. The Morgan fingerprint density at radius 3 is 2.59 bits per heavy atom. The largest absolute Gasteiger partial charge is 0.484 e. The minimum absolute atomic E-state index is 0.120. The zero-order chi connectivity index (χ0) is 15.9. The van der Waals surface area contributed by atoms with Gasteiger partial charge in [-0.15, -0.1) is 0 Å². The summed E-state index contributed by atoms with van der Waals surface area (Å²) in [6.07, 6.45) is 0. The van der Waals surface area contributed by atoms with Gasteiger partial charge in [0.1, 0.15) is 5.75 Å². The lowest BCUT2D eigenvalue weighted by atomic mass is 10.2. The van der Waals surface area contributed by atoms with E-state index in [2.05, 4.69) is 10.6 Å². The predicted octanol–water partition coefficient (Wildman–Crippen LogP) is 2.37. The summed E-state index contributed by atoms with van der Waals surface area (Å²) < 4.78 is 5.41. The van der Waals surface area contributed by atoms with Gasteiger partial charge < -0.3 is 15.4 Å². The molecule has 0 radical (unpaired) electrons. The van der Waals surface area contributed by atoms with Gasteiger partial charge in [0.2, 0.25) is 0 Å². The predicted molar refractivity (Wildman–Crippen MR) is 85.1 cm³/mol. The Morgan fingerprint density at radius 1 is 1.09 bits per heavy atom. The van der Waals surface area contributed by atoms with Crippen molar-refractivity contribution in [2.75, 3.05) is 19.0 Å². The topological polar surface area (TPSA) is 67.4 Å². The first-order chi connectivity index (χ1) is 10.6. The Morgan fingerprint density at radius 2 is 1.86 bits per heavy atom. The third-order valence-electron chi connectivity index (χ3n) is 3.00. The Balaban J connectivity index is 1.92. The molecule has 5 nitrogen and oxygen atoms in total. The highest BCUT2D eigenvalue weighted by molar-refractivity contribution is 5.94. The van der Waals surface area contributed by atoms with E-state index in [1.54, 1.807) is 31.3 Å². The van der Waals surface area contributed by atoms with Crippen LogP contribution in [-0.4, -0.2) is 25.5 Å². The lowest BCUT2D eigenvalue weighted by Crippen LogP contribution is -2.21. The van der Waals surface area contributed by atoms with E-state index in [-0.39, 0.29) is 18.4 Å². The Kier molecular flexibility index (Phi) is 5.14. The normalized spacial score (nSPS) is 9.91.